The smallest absolute Gasteiger partial charge is 0.170 e. The number of hydrogen-bond donors (Lipinski definition) is 0. The highest BCUT2D eigenvalue weighted by Crippen LogP contribution is 2.09. The first-order chi connectivity index (χ1) is 9.77. The molecule has 0 bridgehead atoms. The zero-order chi connectivity index (χ0) is 14.2. The van der Waals surface area contributed by atoms with Crippen LogP contribution in [0, 0.1) is 0 Å². The molecule has 2 aromatic rings. The van der Waals surface area contributed by atoms with Crippen LogP contribution in [0.4, 0.5) is 0 Å². The first-order valence-electron chi connectivity index (χ1n) is 6.57. The Balaban J connectivity index is 2.04. The minimum absolute atomic E-state index is 0.565. The molecule has 2 aromatic heterocycles. The Morgan fingerprint density at radius 1 is 1.30 bits per heavy atom. The van der Waals surface area contributed by atoms with Gasteiger partial charge in [-0.3, -0.25) is 4.98 Å². The van der Waals surface area contributed by atoms with Gasteiger partial charge in [0.15, 0.2) is 11.5 Å². The molecule has 0 unspecified atom stereocenters. The lowest BCUT2D eigenvalue weighted by Gasteiger charge is -2.08. The normalized spacial score (nSPS) is 11.8. The maximum absolute atomic E-state index is 5.39. The summed E-state index contributed by atoms with van der Waals surface area (Å²) in [4.78, 5) is 11.8. The molecule has 0 aliphatic carbocycles. The van der Waals surface area contributed by atoms with Gasteiger partial charge in [-0.1, -0.05) is 11.2 Å². The number of hydrogen-bond acceptors (Lipinski definition) is 5. The van der Waals surface area contributed by atoms with Gasteiger partial charge in [-0.15, -0.1) is 0 Å². The summed E-state index contributed by atoms with van der Waals surface area (Å²) in [6.07, 6.45) is 4.25. The average molecular weight is 273 g/mol. The van der Waals surface area contributed by atoms with Crippen LogP contribution in [0.25, 0.3) is 0 Å². The van der Waals surface area contributed by atoms with Crippen LogP contribution in [0.3, 0.4) is 0 Å². The van der Waals surface area contributed by atoms with E-state index in [0.717, 1.165) is 18.7 Å². The van der Waals surface area contributed by atoms with Gasteiger partial charge in [0.2, 0.25) is 0 Å². The molecule has 2 rings (SSSR count). The number of pyridine rings is 1. The Morgan fingerprint density at radius 3 is 2.85 bits per heavy atom. The lowest BCUT2D eigenvalue weighted by molar-refractivity contribution is 0.135. The highest BCUT2D eigenvalue weighted by atomic mass is 16.6. The van der Waals surface area contributed by atoms with Gasteiger partial charge >= 0.3 is 0 Å². The molecular weight excluding hydrogens is 254 g/mol. The highest BCUT2D eigenvalue weighted by molar-refractivity contribution is 6.09. The SMILES string of the molecule is CN(C)CCCON=C(c1ccccn1)c1ccco1. The van der Waals surface area contributed by atoms with Crippen molar-refractivity contribution in [2.45, 2.75) is 6.42 Å². The van der Waals surface area contributed by atoms with Gasteiger partial charge in [0, 0.05) is 12.7 Å². The first-order valence-corrected chi connectivity index (χ1v) is 6.57. The third kappa shape index (κ3) is 4.20. The minimum Gasteiger partial charge on any atom is -0.463 e. The number of oxime groups is 1. The Morgan fingerprint density at radius 2 is 2.20 bits per heavy atom. The van der Waals surface area contributed by atoms with Crippen molar-refractivity contribution in [2.24, 2.45) is 5.16 Å². The predicted octanol–water partition coefficient (Wildman–Crippen LogP) is 2.40. The third-order valence-corrected chi connectivity index (χ3v) is 2.66. The quantitative estimate of drug-likeness (QED) is 0.441. The van der Waals surface area contributed by atoms with Crippen LogP contribution in [-0.2, 0) is 4.84 Å². The number of rotatable bonds is 7. The lowest BCUT2D eigenvalue weighted by Crippen LogP contribution is -2.14. The molecule has 0 fully saturated rings. The Labute approximate surface area is 118 Å². The predicted molar refractivity (Wildman–Crippen MR) is 77.7 cm³/mol. The van der Waals surface area contributed by atoms with Crippen molar-refractivity contribution in [3.8, 4) is 0 Å². The molecule has 106 valence electrons. The van der Waals surface area contributed by atoms with Crippen LogP contribution >= 0.6 is 0 Å². The average Bonchev–Trinajstić information content (AvgIpc) is 2.97. The van der Waals surface area contributed by atoms with Crippen LogP contribution in [0.1, 0.15) is 17.9 Å². The topological polar surface area (TPSA) is 50.9 Å². The van der Waals surface area contributed by atoms with Gasteiger partial charge in [0.25, 0.3) is 0 Å². The summed E-state index contributed by atoms with van der Waals surface area (Å²) in [5.41, 5.74) is 1.34. The Hall–Kier alpha value is -2.14. The van der Waals surface area contributed by atoms with Gasteiger partial charge < -0.3 is 14.2 Å². The largest absolute Gasteiger partial charge is 0.463 e. The molecule has 20 heavy (non-hydrogen) atoms. The van der Waals surface area contributed by atoms with Crippen LogP contribution in [0.2, 0.25) is 0 Å². The van der Waals surface area contributed by atoms with Crippen LogP contribution in [0.5, 0.6) is 0 Å². The van der Waals surface area contributed by atoms with Crippen LogP contribution < -0.4 is 0 Å². The first kappa shape index (κ1) is 14.3. The van der Waals surface area contributed by atoms with Gasteiger partial charge in [-0.05, 0) is 44.8 Å². The third-order valence-electron chi connectivity index (χ3n) is 2.66. The van der Waals surface area contributed by atoms with Gasteiger partial charge in [-0.2, -0.15) is 0 Å². The molecule has 0 saturated carbocycles. The molecule has 0 amide bonds. The molecule has 0 aliphatic rings. The molecule has 0 aliphatic heterocycles. The van der Waals surface area contributed by atoms with E-state index in [1.54, 1.807) is 12.5 Å². The van der Waals surface area contributed by atoms with Crippen molar-refractivity contribution in [1.29, 1.82) is 0 Å². The summed E-state index contributed by atoms with van der Waals surface area (Å²) in [5, 5.41) is 4.18. The minimum atomic E-state index is 0.565. The molecule has 0 aromatic carbocycles. The summed E-state index contributed by atoms with van der Waals surface area (Å²) in [7, 11) is 4.07. The van der Waals surface area contributed by atoms with Gasteiger partial charge in [0.05, 0.1) is 12.0 Å². The van der Waals surface area contributed by atoms with Crippen molar-refractivity contribution in [1.82, 2.24) is 9.88 Å². The number of aromatic nitrogens is 1. The second-order valence-corrected chi connectivity index (χ2v) is 4.62. The molecule has 2 heterocycles. The number of furan rings is 1. The zero-order valence-electron chi connectivity index (χ0n) is 11.8. The maximum atomic E-state index is 5.39. The molecule has 0 radical (unpaired) electrons. The summed E-state index contributed by atoms with van der Waals surface area (Å²) in [5.74, 6) is 0.649. The van der Waals surface area contributed by atoms with E-state index in [2.05, 4.69) is 15.0 Å². The van der Waals surface area contributed by atoms with E-state index in [0.29, 0.717) is 18.1 Å². The van der Waals surface area contributed by atoms with Gasteiger partial charge in [0.1, 0.15) is 6.61 Å². The van der Waals surface area contributed by atoms with Crippen molar-refractivity contribution < 1.29 is 9.25 Å². The van der Waals surface area contributed by atoms with Gasteiger partial charge in [-0.25, -0.2) is 0 Å². The van der Waals surface area contributed by atoms with E-state index < -0.39 is 0 Å². The standard InChI is InChI=1S/C15H19N3O2/c1-18(2)10-6-12-20-17-15(14-8-5-11-19-14)13-7-3-4-9-16-13/h3-5,7-9,11H,6,10,12H2,1-2H3. The van der Waals surface area contributed by atoms with E-state index in [-0.39, 0.29) is 0 Å². The monoisotopic (exact) mass is 273 g/mol. The Kier molecular flexibility index (Phi) is 5.32. The van der Waals surface area contributed by atoms with E-state index in [1.165, 1.54) is 0 Å². The van der Waals surface area contributed by atoms with E-state index in [1.807, 2.05) is 44.4 Å². The summed E-state index contributed by atoms with van der Waals surface area (Å²) in [6.45, 7) is 1.53. The molecule has 5 heteroatoms. The zero-order valence-corrected chi connectivity index (χ0v) is 11.8. The second-order valence-electron chi connectivity index (χ2n) is 4.62. The van der Waals surface area contributed by atoms with Crippen molar-refractivity contribution >= 4 is 5.71 Å². The lowest BCUT2D eigenvalue weighted by atomic mass is 10.2. The molecular formula is C15H19N3O2. The summed E-state index contributed by atoms with van der Waals surface area (Å²) in [6, 6.07) is 9.31. The molecule has 0 atom stereocenters. The molecule has 0 spiro atoms. The van der Waals surface area contributed by atoms with E-state index >= 15 is 0 Å². The molecule has 5 nitrogen and oxygen atoms in total. The van der Waals surface area contributed by atoms with Crippen molar-refractivity contribution in [3.63, 3.8) is 0 Å². The fraction of sp³-hybridized carbons (Fsp3) is 0.333. The Bertz CT molecular complexity index is 521. The molecule has 0 N–H and O–H groups in total. The van der Waals surface area contributed by atoms with E-state index in [9.17, 15) is 0 Å². The summed E-state index contributed by atoms with van der Waals surface area (Å²) < 4.78 is 5.39. The van der Waals surface area contributed by atoms with E-state index in [4.69, 9.17) is 9.25 Å². The van der Waals surface area contributed by atoms with Crippen LogP contribution in [0.15, 0.2) is 52.4 Å². The van der Waals surface area contributed by atoms with Crippen molar-refractivity contribution in [2.75, 3.05) is 27.2 Å². The number of nitrogens with zero attached hydrogens (tertiary/aromatic N) is 3. The fourth-order valence-electron chi connectivity index (χ4n) is 1.69. The summed E-state index contributed by atoms with van der Waals surface area (Å²) >= 11 is 0. The second kappa shape index (κ2) is 7.45. The van der Waals surface area contributed by atoms with Crippen LogP contribution in [-0.4, -0.2) is 42.8 Å². The fourth-order valence-corrected chi connectivity index (χ4v) is 1.69. The maximum Gasteiger partial charge on any atom is 0.170 e. The highest BCUT2D eigenvalue weighted by Gasteiger charge is 2.11. The molecule has 0 saturated heterocycles. The van der Waals surface area contributed by atoms with Crippen molar-refractivity contribution in [3.05, 3.63) is 54.2 Å².